The van der Waals surface area contributed by atoms with Crippen LogP contribution in [-0.2, 0) is 19.3 Å². The quantitative estimate of drug-likeness (QED) is 0.670. The van der Waals surface area contributed by atoms with E-state index < -0.39 is 0 Å². The van der Waals surface area contributed by atoms with Crippen LogP contribution in [0.5, 0.6) is 0 Å². The Morgan fingerprint density at radius 3 is 2.90 bits per heavy atom. The molecule has 7 heteroatoms. The van der Waals surface area contributed by atoms with Crippen molar-refractivity contribution >= 4 is 5.91 Å². The molecule has 0 radical (unpaired) electrons. The van der Waals surface area contributed by atoms with Crippen LogP contribution in [0.2, 0.25) is 0 Å². The topological polar surface area (TPSA) is 73.9 Å². The van der Waals surface area contributed by atoms with Gasteiger partial charge in [-0.05, 0) is 43.1 Å². The number of nitrogens with zero attached hydrogens (tertiary/aromatic N) is 3. The molecule has 2 aromatic heterocycles. The maximum absolute atomic E-state index is 13.7. The number of hydrogen-bond donors (Lipinski definition) is 2. The first-order valence-electron chi connectivity index (χ1n) is 9.88. The third-order valence-electron chi connectivity index (χ3n) is 6.28. The highest BCUT2D eigenvalue weighted by Gasteiger charge is 2.47. The third-order valence-corrected chi connectivity index (χ3v) is 6.28. The van der Waals surface area contributed by atoms with E-state index in [4.69, 9.17) is 4.98 Å². The zero-order valence-corrected chi connectivity index (χ0v) is 16.1. The van der Waals surface area contributed by atoms with Crippen molar-refractivity contribution in [2.75, 3.05) is 20.1 Å². The molecule has 2 aliphatic heterocycles. The average Bonchev–Trinajstić information content (AvgIpc) is 3.05. The molecule has 146 valence electrons. The maximum atomic E-state index is 13.7. The summed E-state index contributed by atoms with van der Waals surface area (Å²) in [6.07, 6.45) is 4.21. The third kappa shape index (κ3) is 2.47. The second kappa shape index (κ2) is 5.73. The Bertz CT molecular complexity index is 1180. The van der Waals surface area contributed by atoms with Gasteiger partial charge in [-0.2, -0.15) is 0 Å². The molecular formula is C22H20FN5O. The first-order valence-corrected chi connectivity index (χ1v) is 9.88. The lowest BCUT2D eigenvalue weighted by Crippen LogP contribution is -2.71. The van der Waals surface area contributed by atoms with Crippen molar-refractivity contribution in [3.63, 3.8) is 0 Å². The zero-order valence-electron chi connectivity index (χ0n) is 16.1. The summed E-state index contributed by atoms with van der Waals surface area (Å²) in [6.45, 7) is 1.73. The van der Waals surface area contributed by atoms with Gasteiger partial charge < -0.3 is 15.2 Å². The number of aromatic amines is 1. The number of hydrogen-bond acceptors (Lipinski definition) is 4. The van der Waals surface area contributed by atoms with Gasteiger partial charge in [0.05, 0.1) is 22.5 Å². The molecule has 0 unspecified atom stereocenters. The number of H-pyrrole nitrogens is 1. The summed E-state index contributed by atoms with van der Waals surface area (Å²) in [5.41, 5.74) is 6.10. The Hall–Kier alpha value is -3.06. The first-order chi connectivity index (χ1) is 14.0. The van der Waals surface area contributed by atoms with E-state index in [1.54, 1.807) is 12.1 Å². The minimum atomic E-state index is -0.313. The van der Waals surface area contributed by atoms with Gasteiger partial charge in [-0.15, -0.1) is 0 Å². The van der Waals surface area contributed by atoms with Gasteiger partial charge in [-0.3, -0.25) is 4.79 Å². The summed E-state index contributed by atoms with van der Waals surface area (Å²) in [6, 6.07) is 6.31. The van der Waals surface area contributed by atoms with Gasteiger partial charge in [0.25, 0.3) is 5.91 Å². The predicted octanol–water partition coefficient (Wildman–Crippen LogP) is 2.35. The number of benzene rings is 1. The molecule has 0 atom stereocenters. The fourth-order valence-electron chi connectivity index (χ4n) is 5.15. The van der Waals surface area contributed by atoms with Crippen LogP contribution in [0.25, 0.3) is 22.8 Å². The lowest BCUT2D eigenvalue weighted by Gasteiger charge is -2.50. The molecule has 1 saturated heterocycles. The molecule has 4 heterocycles. The minimum absolute atomic E-state index is 0.0136. The van der Waals surface area contributed by atoms with Crippen LogP contribution in [0.15, 0.2) is 30.5 Å². The van der Waals surface area contributed by atoms with Crippen LogP contribution in [0.4, 0.5) is 4.39 Å². The number of aromatic nitrogens is 3. The highest BCUT2D eigenvalue weighted by atomic mass is 19.1. The van der Waals surface area contributed by atoms with Crippen LogP contribution in [0, 0.1) is 5.82 Å². The SMILES string of the molecule is CN1CC2(Cc3[nH]c4c(c3C(=O)N2)CCc2cnc(-c3cccc(F)c3)nc2-4)C1. The van der Waals surface area contributed by atoms with E-state index in [0.717, 1.165) is 66.1 Å². The van der Waals surface area contributed by atoms with E-state index in [1.165, 1.54) is 12.1 Å². The highest BCUT2D eigenvalue weighted by molar-refractivity contribution is 6.01. The molecule has 1 amide bonds. The average molecular weight is 389 g/mol. The second-order valence-corrected chi connectivity index (χ2v) is 8.49. The standard InChI is InChI=1S/C22H20FN5O/c1-28-10-22(11-28)8-16-17(21(29)27-22)15-6-5-13-9-24-20(26-18(13)19(15)25-16)12-3-2-4-14(23)7-12/h2-4,7,9,25H,5-6,8,10-11H2,1H3,(H,27,29). The number of carbonyl (C=O) groups is 1. The zero-order chi connectivity index (χ0) is 19.8. The Morgan fingerprint density at radius 1 is 1.24 bits per heavy atom. The summed E-state index contributed by atoms with van der Waals surface area (Å²) in [5.74, 6) is 0.192. The van der Waals surface area contributed by atoms with Crippen LogP contribution in [0.1, 0.15) is 27.2 Å². The molecule has 3 aromatic rings. The van der Waals surface area contributed by atoms with E-state index in [2.05, 4.69) is 27.2 Å². The molecule has 1 fully saturated rings. The van der Waals surface area contributed by atoms with Crippen molar-refractivity contribution in [1.82, 2.24) is 25.2 Å². The van der Waals surface area contributed by atoms with E-state index in [1.807, 2.05) is 6.20 Å². The number of rotatable bonds is 1. The summed E-state index contributed by atoms with van der Waals surface area (Å²) in [4.78, 5) is 27.9. The fourth-order valence-corrected chi connectivity index (χ4v) is 5.15. The van der Waals surface area contributed by atoms with Crippen LogP contribution in [0.3, 0.4) is 0 Å². The van der Waals surface area contributed by atoms with Crippen molar-refractivity contribution in [2.45, 2.75) is 24.8 Å². The number of amides is 1. The maximum Gasteiger partial charge on any atom is 0.253 e. The van der Waals surface area contributed by atoms with Crippen molar-refractivity contribution in [3.8, 4) is 22.8 Å². The lowest BCUT2D eigenvalue weighted by molar-refractivity contribution is 0.0479. The van der Waals surface area contributed by atoms with Crippen LogP contribution >= 0.6 is 0 Å². The molecule has 6 nitrogen and oxygen atoms in total. The van der Waals surface area contributed by atoms with Crippen molar-refractivity contribution in [1.29, 1.82) is 0 Å². The molecule has 0 saturated carbocycles. The highest BCUT2D eigenvalue weighted by Crippen LogP contribution is 2.39. The summed E-state index contributed by atoms with van der Waals surface area (Å²) in [7, 11) is 2.06. The largest absolute Gasteiger partial charge is 0.356 e. The van der Waals surface area contributed by atoms with Crippen molar-refractivity contribution in [3.05, 3.63) is 58.7 Å². The Morgan fingerprint density at radius 2 is 2.10 bits per heavy atom. The number of nitrogens with one attached hydrogen (secondary N) is 2. The number of likely N-dealkylation sites (N-methyl/N-ethyl adjacent to an activating group) is 1. The number of aryl methyl sites for hydroxylation is 1. The number of fused-ring (bicyclic) bond motifs is 5. The molecular weight excluding hydrogens is 369 g/mol. The lowest BCUT2D eigenvalue weighted by atomic mass is 9.80. The van der Waals surface area contributed by atoms with E-state index in [-0.39, 0.29) is 17.3 Å². The van der Waals surface area contributed by atoms with Gasteiger partial charge in [-0.1, -0.05) is 12.1 Å². The molecule has 0 bridgehead atoms. The van der Waals surface area contributed by atoms with Crippen molar-refractivity contribution < 1.29 is 9.18 Å². The molecule has 29 heavy (non-hydrogen) atoms. The Labute approximate surface area is 167 Å². The molecule has 2 N–H and O–H groups in total. The van der Waals surface area contributed by atoms with Gasteiger partial charge in [-0.25, -0.2) is 14.4 Å². The van der Waals surface area contributed by atoms with Crippen LogP contribution in [-0.4, -0.2) is 51.4 Å². The Kier molecular flexibility index (Phi) is 3.33. The van der Waals surface area contributed by atoms with E-state index in [0.29, 0.717) is 11.4 Å². The fraction of sp³-hybridized carbons (Fsp3) is 0.318. The number of carbonyl (C=O) groups excluding carboxylic acids is 1. The summed E-state index contributed by atoms with van der Waals surface area (Å²) >= 11 is 0. The van der Waals surface area contributed by atoms with E-state index >= 15 is 0 Å². The molecule has 1 aliphatic carbocycles. The summed E-state index contributed by atoms with van der Waals surface area (Å²) in [5, 5.41) is 3.24. The molecule has 1 spiro atoms. The second-order valence-electron chi connectivity index (χ2n) is 8.49. The predicted molar refractivity (Wildman–Crippen MR) is 106 cm³/mol. The molecule has 6 rings (SSSR count). The van der Waals surface area contributed by atoms with Crippen LogP contribution < -0.4 is 5.32 Å². The molecule has 3 aliphatic rings. The first kappa shape index (κ1) is 16.9. The van der Waals surface area contributed by atoms with E-state index in [9.17, 15) is 9.18 Å². The monoisotopic (exact) mass is 389 g/mol. The van der Waals surface area contributed by atoms with Gasteiger partial charge in [0.15, 0.2) is 5.82 Å². The van der Waals surface area contributed by atoms with Gasteiger partial charge in [0.1, 0.15) is 5.82 Å². The van der Waals surface area contributed by atoms with Crippen molar-refractivity contribution in [2.24, 2.45) is 0 Å². The normalized spacial score (nSPS) is 19.2. The van der Waals surface area contributed by atoms with Gasteiger partial charge >= 0.3 is 0 Å². The Balaban J connectivity index is 1.46. The minimum Gasteiger partial charge on any atom is -0.356 e. The van der Waals surface area contributed by atoms with Gasteiger partial charge in [0.2, 0.25) is 0 Å². The smallest absolute Gasteiger partial charge is 0.253 e. The number of halogens is 1. The van der Waals surface area contributed by atoms with Gasteiger partial charge in [0, 0.05) is 37.0 Å². The number of likely N-dealkylation sites (tertiary alicyclic amines) is 1. The summed E-state index contributed by atoms with van der Waals surface area (Å²) < 4.78 is 13.7. The molecule has 1 aromatic carbocycles.